The highest BCUT2D eigenvalue weighted by Gasteiger charge is 2.07. The molecular weight excluding hydrogens is 276 g/mol. The van der Waals surface area contributed by atoms with E-state index in [-0.39, 0.29) is 5.56 Å². The van der Waals surface area contributed by atoms with Crippen LogP contribution in [0.1, 0.15) is 22.3 Å². The molecule has 0 aromatic heterocycles. The SMILES string of the molecule is O=C(O)c1cc(C#CCCS)ccc1Br. The van der Waals surface area contributed by atoms with Crippen molar-refractivity contribution >= 4 is 34.5 Å². The Kier molecular flexibility index (Phi) is 4.73. The zero-order valence-electron chi connectivity index (χ0n) is 7.83. The highest BCUT2D eigenvalue weighted by atomic mass is 79.9. The summed E-state index contributed by atoms with van der Waals surface area (Å²) in [4.78, 5) is 10.8. The Labute approximate surface area is 102 Å². The van der Waals surface area contributed by atoms with Crippen LogP contribution in [0.2, 0.25) is 0 Å². The molecule has 0 aliphatic heterocycles. The minimum Gasteiger partial charge on any atom is -0.478 e. The Morgan fingerprint density at radius 1 is 1.53 bits per heavy atom. The Hall–Kier alpha value is -0.920. The van der Waals surface area contributed by atoms with Crippen molar-refractivity contribution in [1.82, 2.24) is 0 Å². The zero-order chi connectivity index (χ0) is 11.3. The van der Waals surface area contributed by atoms with Crippen LogP contribution >= 0.6 is 28.6 Å². The summed E-state index contributed by atoms with van der Waals surface area (Å²) in [6, 6.07) is 5.02. The predicted octanol–water partition coefficient (Wildman–Crippen LogP) is 2.82. The van der Waals surface area contributed by atoms with Crippen LogP contribution in [0, 0.1) is 11.8 Å². The topological polar surface area (TPSA) is 37.3 Å². The van der Waals surface area contributed by atoms with Crippen LogP contribution in [0.25, 0.3) is 0 Å². The number of rotatable bonds is 2. The summed E-state index contributed by atoms with van der Waals surface area (Å²) in [6.45, 7) is 0. The van der Waals surface area contributed by atoms with Gasteiger partial charge in [0.1, 0.15) is 0 Å². The van der Waals surface area contributed by atoms with Gasteiger partial charge < -0.3 is 5.11 Å². The molecule has 1 rings (SSSR count). The number of thiol groups is 1. The number of benzene rings is 1. The molecule has 78 valence electrons. The van der Waals surface area contributed by atoms with E-state index in [9.17, 15) is 4.79 Å². The van der Waals surface area contributed by atoms with Crippen molar-refractivity contribution in [3.05, 3.63) is 33.8 Å². The quantitative estimate of drug-likeness (QED) is 0.647. The third-order valence-corrected chi connectivity index (χ3v) is 2.58. The van der Waals surface area contributed by atoms with E-state index in [1.165, 1.54) is 0 Å². The van der Waals surface area contributed by atoms with Gasteiger partial charge in [-0.2, -0.15) is 12.6 Å². The molecule has 15 heavy (non-hydrogen) atoms. The summed E-state index contributed by atoms with van der Waals surface area (Å²) in [7, 11) is 0. The van der Waals surface area contributed by atoms with Crippen molar-refractivity contribution in [2.75, 3.05) is 5.75 Å². The third-order valence-electron chi connectivity index (χ3n) is 1.67. The molecule has 0 saturated heterocycles. The molecule has 0 atom stereocenters. The zero-order valence-corrected chi connectivity index (χ0v) is 10.3. The Bertz CT molecular complexity index is 432. The summed E-state index contributed by atoms with van der Waals surface area (Å²) >= 11 is 7.20. The van der Waals surface area contributed by atoms with Gasteiger partial charge in [0.15, 0.2) is 0 Å². The van der Waals surface area contributed by atoms with E-state index in [1.54, 1.807) is 18.2 Å². The molecular formula is C11H9BrO2S. The van der Waals surface area contributed by atoms with Gasteiger partial charge in [-0.3, -0.25) is 0 Å². The number of aromatic carboxylic acids is 1. The van der Waals surface area contributed by atoms with E-state index in [0.717, 1.165) is 0 Å². The van der Waals surface area contributed by atoms with Crippen LogP contribution in [0.3, 0.4) is 0 Å². The highest BCUT2D eigenvalue weighted by Crippen LogP contribution is 2.17. The van der Waals surface area contributed by atoms with Crippen molar-refractivity contribution in [2.45, 2.75) is 6.42 Å². The Balaban J connectivity index is 2.99. The number of carboxylic acid groups (broad SMARTS) is 1. The third kappa shape index (κ3) is 3.61. The summed E-state index contributed by atoms with van der Waals surface area (Å²) < 4.78 is 0.565. The second-order valence-corrected chi connectivity index (χ2v) is 4.08. The average molecular weight is 285 g/mol. The van der Waals surface area contributed by atoms with E-state index in [2.05, 4.69) is 40.4 Å². The second-order valence-electron chi connectivity index (χ2n) is 2.78. The number of hydrogen-bond donors (Lipinski definition) is 2. The minimum absolute atomic E-state index is 0.229. The lowest BCUT2D eigenvalue weighted by molar-refractivity contribution is 0.0696. The molecule has 1 aromatic rings. The van der Waals surface area contributed by atoms with Crippen molar-refractivity contribution in [1.29, 1.82) is 0 Å². The van der Waals surface area contributed by atoms with Crippen LogP contribution in [0.15, 0.2) is 22.7 Å². The molecule has 0 saturated carbocycles. The predicted molar refractivity (Wildman–Crippen MR) is 66.4 cm³/mol. The van der Waals surface area contributed by atoms with Gasteiger partial charge in [-0.15, -0.1) is 0 Å². The minimum atomic E-state index is -0.959. The maximum Gasteiger partial charge on any atom is 0.336 e. The highest BCUT2D eigenvalue weighted by molar-refractivity contribution is 9.10. The smallest absolute Gasteiger partial charge is 0.336 e. The number of carbonyl (C=O) groups is 1. The summed E-state index contributed by atoms with van der Waals surface area (Å²) in [5.41, 5.74) is 0.935. The lowest BCUT2D eigenvalue weighted by Crippen LogP contribution is -1.97. The molecule has 4 heteroatoms. The van der Waals surface area contributed by atoms with Crippen molar-refractivity contribution in [3.63, 3.8) is 0 Å². The van der Waals surface area contributed by atoms with Crippen LogP contribution in [0.4, 0.5) is 0 Å². The monoisotopic (exact) mass is 284 g/mol. The second kappa shape index (κ2) is 5.84. The van der Waals surface area contributed by atoms with Crippen LogP contribution < -0.4 is 0 Å². The van der Waals surface area contributed by atoms with Gasteiger partial charge in [0.2, 0.25) is 0 Å². The van der Waals surface area contributed by atoms with Gasteiger partial charge in [0.05, 0.1) is 5.56 Å². The van der Waals surface area contributed by atoms with E-state index in [1.807, 2.05) is 0 Å². The molecule has 2 nitrogen and oxygen atoms in total. The standard InChI is InChI=1S/C11H9BrO2S/c12-10-5-4-8(3-1-2-6-15)7-9(10)11(13)14/h4-5,7,15H,2,6H2,(H,13,14). The van der Waals surface area contributed by atoms with Crippen LogP contribution in [-0.2, 0) is 0 Å². The maximum atomic E-state index is 10.8. The molecule has 0 amide bonds. The lowest BCUT2D eigenvalue weighted by Gasteiger charge is -1.98. The first kappa shape index (κ1) is 12.2. The molecule has 0 aliphatic carbocycles. The largest absolute Gasteiger partial charge is 0.478 e. The first-order valence-corrected chi connectivity index (χ1v) is 5.70. The van der Waals surface area contributed by atoms with Gasteiger partial charge in [0, 0.05) is 22.2 Å². The number of carboxylic acids is 1. The van der Waals surface area contributed by atoms with Crippen LogP contribution in [0.5, 0.6) is 0 Å². The van der Waals surface area contributed by atoms with Crippen molar-refractivity contribution < 1.29 is 9.90 Å². The normalized spacial score (nSPS) is 9.20. The van der Waals surface area contributed by atoms with Gasteiger partial charge in [-0.1, -0.05) is 11.8 Å². The Morgan fingerprint density at radius 2 is 2.27 bits per heavy atom. The van der Waals surface area contributed by atoms with Gasteiger partial charge in [0.25, 0.3) is 0 Å². The molecule has 0 unspecified atom stereocenters. The fourth-order valence-corrected chi connectivity index (χ4v) is 1.52. The first-order valence-electron chi connectivity index (χ1n) is 4.27. The van der Waals surface area contributed by atoms with E-state index in [0.29, 0.717) is 22.2 Å². The van der Waals surface area contributed by atoms with Crippen molar-refractivity contribution in [3.8, 4) is 11.8 Å². The molecule has 0 aliphatic rings. The fraction of sp³-hybridized carbons (Fsp3) is 0.182. The molecule has 0 bridgehead atoms. The van der Waals surface area contributed by atoms with E-state index in [4.69, 9.17) is 5.11 Å². The number of hydrogen-bond acceptors (Lipinski definition) is 2. The lowest BCUT2D eigenvalue weighted by atomic mass is 10.1. The number of halogens is 1. The molecule has 0 heterocycles. The molecule has 0 fully saturated rings. The van der Waals surface area contributed by atoms with Gasteiger partial charge in [-0.25, -0.2) is 4.79 Å². The van der Waals surface area contributed by atoms with Gasteiger partial charge >= 0.3 is 5.97 Å². The molecule has 0 radical (unpaired) electrons. The molecule has 1 aromatic carbocycles. The maximum absolute atomic E-state index is 10.8. The van der Waals surface area contributed by atoms with Gasteiger partial charge in [-0.05, 0) is 34.1 Å². The average Bonchev–Trinajstić information content (AvgIpc) is 2.20. The van der Waals surface area contributed by atoms with E-state index < -0.39 is 5.97 Å². The molecule has 1 N–H and O–H groups in total. The fourth-order valence-electron chi connectivity index (χ4n) is 0.987. The summed E-state index contributed by atoms with van der Waals surface area (Å²) in [5, 5.41) is 8.87. The van der Waals surface area contributed by atoms with Crippen molar-refractivity contribution in [2.24, 2.45) is 0 Å². The Morgan fingerprint density at radius 3 is 2.87 bits per heavy atom. The van der Waals surface area contributed by atoms with E-state index >= 15 is 0 Å². The summed E-state index contributed by atoms with van der Waals surface area (Å²) in [6.07, 6.45) is 0.696. The first-order chi connectivity index (χ1) is 7.15. The van der Waals surface area contributed by atoms with Crippen LogP contribution in [-0.4, -0.2) is 16.8 Å². The summed E-state index contributed by atoms with van der Waals surface area (Å²) in [5.74, 6) is 5.53. The molecule has 0 spiro atoms.